The molecule has 2 aliphatic rings. The molecule has 0 aromatic heterocycles. The van der Waals surface area contributed by atoms with E-state index >= 15 is 0 Å². The Balaban J connectivity index is 0.00000106. The summed E-state index contributed by atoms with van der Waals surface area (Å²) in [6.07, 6.45) is 0. The molecule has 2 saturated heterocycles. The number of hydrogen-bond donors (Lipinski definition) is 3. The fraction of sp³-hybridized carbons (Fsp3) is 0.457. The van der Waals surface area contributed by atoms with Crippen LogP contribution in [0, 0.1) is 20.5 Å². The summed E-state index contributed by atoms with van der Waals surface area (Å²) in [4.78, 5) is 47.2. The Morgan fingerprint density at radius 1 is 0.311 bits per heavy atom. The smallest absolute Gasteiger partial charge is 0.302 e. The number of nitrogens with zero attached hydrogens (tertiary/aromatic N) is 4. The molecular formula is C105H144N7NiO9-. The van der Waals surface area contributed by atoms with Crippen molar-refractivity contribution >= 4 is 34.4 Å². The first kappa shape index (κ1) is 103. The topological polar surface area (TPSA) is 208 Å². The Kier molecular flexibility index (Phi) is 40.4. The van der Waals surface area contributed by atoms with Crippen LogP contribution in [0.25, 0.3) is 66.8 Å². The largest absolute Gasteiger partial charge is 0.535 e. The molecule has 0 radical (unpaired) electrons. The molecule has 0 saturated carbocycles. The Morgan fingerprint density at radius 3 is 0.525 bits per heavy atom. The summed E-state index contributed by atoms with van der Waals surface area (Å²) in [7, 11) is 0. The number of fused-ring (bicyclic) bond motifs is 1. The predicted molar refractivity (Wildman–Crippen MR) is 510 cm³/mol. The number of carbonyl (C=O) groups is 3. The molecule has 0 unspecified atom stereocenters. The van der Waals surface area contributed by atoms with Crippen LogP contribution in [-0.2, 0) is 40.8 Å². The van der Waals surface area contributed by atoms with Crippen molar-refractivity contribution in [2.75, 3.05) is 55.2 Å². The zero-order valence-electron chi connectivity index (χ0n) is 79.0. The van der Waals surface area contributed by atoms with Crippen LogP contribution in [0.1, 0.15) is 345 Å². The molecule has 9 aromatic carbocycles. The first-order chi connectivity index (χ1) is 56.8. The van der Waals surface area contributed by atoms with Gasteiger partial charge in [0.05, 0.1) is 15.0 Å². The van der Waals surface area contributed by atoms with E-state index in [1.54, 1.807) is 0 Å². The van der Waals surface area contributed by atoms with Gasteiger partial charge in [0.25, 0.3) is 0 Å². The molecule has 2 fully saturated rings. The van der Waals surface area contributed by atoms with Crippen molar-refractivity contribution in [1.29, 1.82) is 0 Å². The first-order valence-corrected chi connectivity index (χ1v) is 44.0. The van der Waals surface area contributed by atoms with Gasteiger partial charge in [0, 0.05) is 72.8 Å². The third kappa shape index (κ3) is 29.5. The molecule has 16 nitrogen and oxygen atoms in total. The minimum Gasteiger partial charge on any atom is -0.535 e. The number of benzene rings is 9. The zero-order chi connectivity index (χ0) is 90.4. The summed E-state index contributed by atoms with van der Waals surface area (Å²) in [6, 6.07) is 64.3. The second kappa shape index (κ2) is 47.6. The van der Waals surface area contributed by atoms with Gasteiger partial charge in [-0.15, -0.1) is 0 Å². The van der Waals surface area contributed by atoms with E-state index in [0.717, 1.165) is 61.7 Å². The summed E-state index contributed by atoms with van der Waals surface area (Å²) in [6.45, 7) is 70.5. The summed E-state index contributed by atoms with van der Waals surface area (Å²) in [5, 5.41) is 36.7. The minimum atomic E-state index is -1.75. The van der Waals surface area contributed by atoms with E-state index in [1.165, 1.54) is 175 Å². The number of rotatable bonds is 30. The maximum absolute atomic E-state index is 9.71. The Labute approximate surface area is 742 Å². The molecule has 664 valence electrons. The van der Waals surface area contributed by atoms with E-state index < -0.39 is 10.2 Å². The Bertz CT molecular complexity index is 4040. The molecule has 0 bridgehead atoms. The zero-order valence-corrected chi connectivity index (χ0v) is 80.0. The fourth-order valence-corrected chi connectivity index (χ4v) is 15.9. The number of ketones is 3. The average Bonchev–Trinajstić information content (AvgIpc) is 1.53. The van der Waals surface area contributed by atoms with E-state index in [-0.39, 0.29) is 33.8 Å². The van der Waals surface area contributed by atoms with Crippen molar-refractivity contribution in [2.45, 2.75) is 279 Å². The van der Waals surface area contributed by atoms with Gasteiger partial charge in [-0.1, -0.05) is 275 Å². The summed E-state index contributed by atoms with van der Waals surface area (Å²) >= 11 is 0. The molecule has 122 heavy (non-hydrogen) atoms. The van der Waals surface area contributed by atoms with Crippen LogP contribution in [0.15, 0.2) is 164 Å². The standard InChI is InChI=1S/C96H126N4.3C3H6O.N2O3.NO3.Ni/c1-58(2)79-31-25-32-80(59(3)4)91(79)70-49-71(92-81(60(5)6)33-26-34-82(92)61(7)8)53-76(52-70)97-43-46-100(47-44-98-77-54-72(93-83(62(9)10)35-27-36-84(93)63(11)12)50-73(55-77)94-85(64(13)14)37-28-38-86(94)65(15)16)48-45-99-78-56-74(95-87(66(17)18)39-29-40-88(95)67(19)20)51-75(57-78)96-89(68(21)22)41-30-42-90(96)69(23)24;3*1-3(2)4;3-2-1(4-2)5-2;2-1(3)4;/h25-42,49-69,97-99H,43-48H2,1-24H3;3*1-2H3;;;/q;;;;;-1;. The van der Waals surface area contributed by atoms with Gasteiger partial charge in [-0.25, -0.2) is 0 Å². The van der Waals surface area contributed by atoms with Gasteiger partial charge < -0.3 is 50.9 Å². The van der Waals surface area contributed by atoms with Gasteiger partial charge in [0.1, 0.15) is 22.4 Å². The van der Waals surface area contributed by atoms with Gasteiger partial charge in [-0.2, -0.15) is 0 Å². The molecular weight excluding hydrogens is 1560 g/mol. The van der Waals surface area contributed by atoms with Crippen LogP contribution in [-0.4, -0.2) is 77.0 Å². The maximum Gasteiger partial charge on any atom is 0.302 e. The predicted octanol–water partition coefficient (Wildman–Crippen LogP) is 28.9. The van der Waals surface area contributed by atoms with E-state index in [9.17, 15) is 19.6 Å². The molecule has 0 aliphatic carbocycles. The maximum atomic E-state index is 9.71. The van der Waals surface area contributed by atoms with Gasteiger partial charge >= 0.3 is 5.34 Å². The number of hydrogen-bond acceptors (Lipinski definition) is 14. The summed E-state index contributed by atoms with van der Waals surface area (Å²) in [5.41, 5.74) is 36.3. The van der Waals surface area contributed by atoms with Crippen LogP contribution in [0.4, 0.5) is 17.1 Å². The van der Waals surface area contributed by atoms with Gasteiger partial charge in [-0.3, -0.25) is 4.90 Å². The molecule has 9 aromatic rings. The van der Waals surface area contributed by atoms with Crippen LogP contribution in [0.3, 0.4) is 0 Å². The molecule has 11 rings (SSSR count). The van der Waals surface area contributed by atoms with Crippen molar-refractivity contribution in [2.24, 2.45) is 0 Å². The van der Waals surface area contributed by atoms with Crippen molar-refractivity contribution in [3.05, 3.63) is 251 Å². The fourth-order valence-electron chi connectivity index (χ4n) is 15.9. The normalized spacial score (nSPS) is 13.7. The SMILES string of the molecule is CC(C)=O.CC(C)=O.CC(C)=O.CC(C)c1cccc(C(C)C)c1-c1cc(NCCN(CCNc2cc(-c3c(C(C)C)cccc3C(C)C)cc(-c3c(C(C)C)cccc3C(C)C)c2)CCNc2cc(-c3c(C(C)C)cccc3C(C)C)cc(-c3c(C(C)C)cccc3C(C)C)c2)cc(-c2c(C(C)C)cccc2C(C)C)c1.O=[N+]([O-])[O-].[Ni].[O-][N+]12ON1O2. The van der Waals surface area contributed by atoms with Gasteiger partial charge in [-0.05, 0) is 301 Å². The number of carbonyl (C=O) groups excluding carboxylic acids is 3. The molecule has 2 heterocycles. The Morgan fingerprint density at radius 2 is 0.426 bits per heavy atom. The van der Waals surface area contributed by atoms with Crippen LogP contribution in [0.5, 0.6) is 0 Å². The number of Topliss-reactive ketones (excluding diaryl/α,β-unsaturated/α-hetero) is 3. The molecule has 3 N–H and O–H groups in total. The van der Waals surface area contributed by atoms with Crippen molar-refractivity contribution in [1.82, 2.24) is 10.2 Å². The molecule has 17 heteroatoms. The van der Waals surface area contributed by atoms with E-state index in [2.05, 4.69) is 361 Å². The quantitative estimate of drug-likeness (QED) is 0.00956. The summed E-state index contributed by atoms with van der Waals surface area (Å²) in [5.74, 6) is 4.89. The second-order valence-electron chi connectivity index (χ2n) is 36.6. The number of quaternary nitrogens is 1. The van der Waals surface area contributed by atoms with Crippen LogP contribution >= 0.6 is 0 Å². The molecule has 0 spiro atoms. The van der Waals surface area contributed by atoms with Crippen molar-refractivity contribution in [3.8, 4) is 66.8 Å². The van der Waals surface area contributed by atoms with E-state index in [4.69, 9.17) is 15.3 Å². The van der Waals surface area contributed by atoms with Gasteiger partial charge in [0.2, 0.25) is 0 Å². The number of nitrogens with one attached hydrogen (secondary N) is 3. The van der Waals surface area contributed by atoms with E-state index in [1.807, 2.05) is 0 Å². The third-order valence-corrected chi connectivity index (χ3v) is 21.5. The monoisotopic (exact) mass is 1710 g/mol. The molecule has 0 atom stereocenters. The van der Waals surface area contributed by atoms with Crippen molar-refractivity contribution in [3.63, 3.8) is 0 Å². The first-order valence-electron chi connectivity index (χ1n) is 44.0. The van der Waals surface area contributed by atoms with E-state index in [0.29, 0.717) is 71.0 Å². The second-order valence-corrected chi connectivity index (χ2v) is 36.6. The molecule has 2 aliphatic heterocycles. The minimum absolute atomic E-state index is 0. The summed E-state index contributed by atoms with van der Waals surface area (Å²) < 4.78 is 0. The third-order valence-electron chi connectivity index (χ3n) is 21.5. The van der Waals surface area contributed by atoms with Crippen LogP contribution in [0.2, 0.25) is 0 Å². The van der Waals surface area contributed by atoms with Crippen LogP contribution < -0.4 is 16.0 Å². The van der Waals surface area contributed by atoms with Crippen molar-refractivity contribution < 1.29 is 50.9 Å². The Hall–Kier alpha value is -9.16. The average molecular weight is 1710 g/mol. The number of anilines is 3. The van der Waals surface area contributed by atoms with Gasteiger partial charge in [0.15, 0.2) is 0 Å². The molecule has 0 amide bonds.